The Bertz CT molecular complexity index is 167. The van der Waals surface area contributed by atoms with Gasteiger partial charge in [-0.05, 0) is 6.92 Å². The van der Waals surface area contributed by atoms with Crippen molar-refractivity contribution in [1.29, 1.82) is 0 Å². The maximum absolute atomic E-state index is 10.4. The molecule has 0 radical (unpaired) electrons. The molecule has 1 rings (SSSR count). The van der Waals surface area contributed by atoms with Gasteiger partial charge in [0, 0.05) is 17.6 Å². The van der Waals surface area contributed by atoms with Crippen LogP contribution in [0.1, 0.15) is 13.8 Å². The molecule has 0 N–H and O–H groups in total. The minimum Gasteiger partial charge on any atom is -0.357 e. The van der Waals surface area contributed by atoms with Crippen LogP contribution >= 0.6 is 11.8 Å². The van der Waals surface area contributed by atoms with Crippen LogP contribution in [0.2, 0.25) is 0 Å². The number of ether oxygens (including phenoxy) is 1. The van der Waals surface area contributed by atoms with E-state index in [9.17, 15) is 10.1 Å². The molecule has 1 saturated heterocycles. The first kappa shape index (κ1) is 8.80. The molecule has 11 heavy (non-hydrogen) atoms. The molecule has 4 nitrogen and oxygen atoms in total. The SMILES string of the molecule is C[C@@H]([N+](=O)[O-])[C@]1(C)OCCS1. The van der Waals surface area contributed by atoms with Crippen molar-refractivity contribution in [2.24, 2.45) is 0 Å². The third-order valence-corrected chi connectivity index (χ3v) is 3.34. The number of nitrogens with zero attached hydrogens (tertiary/aromatic N) is 1. The number of rotatable bonds is 2. The largest absolute Gasteiger partial charge is 0.357 e. The minimum atomic E-state index is -0.630. The Hall–Kier alpha value is -0.290. The molecule has 0 aromatic rings. The van der Waals surface area contributed by atoms with Crippen molar-refractivity contribution in [1.82, 2.24) is 0 Å². The number of nitro groups is 1. The van der Waals surface area contributed by atoms with Crippen LogP contribution in [0.15, 0.2) is 0 Å². The van der Waals surface area contributed by atoms with Gasteiger partial charge in [-0.1, -0.05) is 0 Å². The molecule has 5 heteroatoms. The molecule has 0 saturated carbocycles. The van der Waals surface area contributed by atoms with Crippen LogP contribution in [0.3, 0.4) is 0 Å². The average Bonchev–Trinajstić information content (AvgIpc) is 2.35. The average molecular weight is 177 g/mol. The molecule has 2 atom stereocenters. The van der Waals surface area contributed by atoms with E-state index in [0.29, 0.717) is 6.61 Å². The Morgan fingerprint density at radius 1 is 1.82 bits per heavy atom. The first-order chi connectivity index (χ1) is 5.06. The van der Waals surface area contributed by atoms with Crippen LogP contribution in [0.4, 0.5) is 0 Å². The molecule has 0 spiro atoms. The summed E-state index contributed by atoms with van der Waals surface area (Å²) < 4.78 is 5.28. The summed E-state index contributed by atoms with van der Waals surface area (Å²) in [6.07, 6.45) is 0. The second-order valence-electron chi connectivity index (χ2n) is 2.67. The van der Waals surface area contributed by atoms with Gasteiger partial charge in [-0.2, -0.15) is 0 Å². The van der Waals surface area contributed by atoms with Crippen LogP contribution in [-0.4, -0.2) is 28.3 Å². The van der Waals surface area contributed by atoms with Gasteiger partial charge in [0.25, 0.3) is 0 Å². The summed E-state index contributed by atoms with van der Waals surface area (Å²) in [5.74, 6) is 0.856. The Balaban J connectivity index is 2.63. The number of hydrogen-bond acceptors (Lipinski definition) is 4. The van der Waals surface area contributed by atoms with E-state index in [1.54, 1.807) is 13.8 Å². The van der Waals surface area contributed by atoms with Gasteiger partial charge in [0.1, 0.15) is 0 Å². The van der Waals surface area contributed by atoms with Gasteiger partial charge >= 0.3 is 0 Å². The first-order valence-corrected chi connectivity index (χ1v) is 4.46. The van der Waals surface area contributed by atoms with E-state index in [2.05, 4.69) is 0 Å². The third-order valence-electron chi connectivity index (χ3n) is 1.94. The molecule has 0 aromatic carbocycles. The summed E-state index contributed by atoms with van der Waals surface area (Å²) in [5, 5.41) is 10.4. The van der Waals surface area contributed by atoms with Crippen molar-refractivity contribution in [3.63, 3.8) is 0 Å². The Labute approximate surface area is 69.4 Å². The zero-order valence-electron chi connectivity index (χ0n) is 6.57. The number of thioether (sulfide) groups is 1. The molecule has 1 fully saturated rings. The molecule has 1 aliphatic rings. The first-order valence-electron chi connectivity index (χ1n) is 3.47. The van der Waals surface area contributed by atoms with Crippen molar-refractivity contribution in [2.75, 3.05) is 12.4 Å². The van der Waals surface area contributed by atoms with Crippen molar-refractivity contribution >= 4 is 11.8 Å². The second-order valence-corrected chi connectivity index (χ2v) is 4.18. The molecule has 0 unspecified atom stereocenters. The molecular formula is C6H11NO3S. The van der Waals surface area contributed by atoms with Gasteiger partial charge < -0.3 is 4.74 Å². The second kappa shape index (κ2) is 2.98. The van der Waals surface area contributed by atoms with Crippen LogP contribution in [0.5, 0.6) is 0 Å². The zero-order valence-corrected chi connectivity index (χ0v) is 7.39. The van der Waals surface area contributed by atoms with E-state index in [4.69, 9.17) is 4.74 Å². The van der Waals surface area contributed by atoms with Crippen molar-refractivity contribution in [3.05, 3.63) is 10.1 Å². The molecule has 0 aliphatic carbocycles. The van der Waals surface area contributed by atoms with Crippen LogP contribution in [0, 0.1) is 10.1 Å². The minimum absolute atomic E-state index is 0.293. The summed E-state index contributed by atoms with van der Waals surface area (Å²) in [6, 6.07) is -0.630. The monoisotopic (exact) mass is 177 g/mol. The quantitative estimate of drug-likeness (QED) is 0.468. The fourth-order valence-corrected chi connectivity index (χ4v) is 2.03. The third kappa shape index (κ3) is 1.65. The Morgan fingerprint density at radius 3 is 2.82 bits per heavy atom. The van der Waals surface area contributed by atoms with Gasteiger partial charge in [0.2, 0.25) is 6.04 Å². The lowest BCUT2D eigenvalue weighted by Gasteiger charge is -2.22. The van der Waals surface area contributed by atoms with Gasteiger partial charge in [-0.15, -0.1) is 11.8 Å². The molecule has 0 aromatic heterocycles. The fourth-order valence-electron chi connectivity index (χ4n) is 0.963. The predicted molar refractivity (Wildman–Crippen MR) is 43.3 cm³/mol. The van der Waals surface area contributed by atoms with E-state index in [1.807, 2.05) is 0 Å². The highest BCUT2D eigenvalue weighted by molar-refractivity contribution is 8.00. The van der Waals surface area contributed by atoms with Crippen molar-refractivity contribution in [3.8, 4) is 0 Å². The zero-order chi connectivity index (χ0) is 8.48. The molecule has 0 bridgehead atoms. The molecule has 0 amide bonds. The highest BCUT2D eigenvalue weighted by Crippen LogP contribution is 2.36. The van der Waals surface area contributed by atoms with Crippen molar-refractivity contribution < 1.29 is 9.66 Å². The number of hydrogen-bond donors (Lipinski definition) is 0. The highest BCUT2D eigenvalue weighted by atomic mass is 32.2. The normalized spacial score (nSPS) is 33.6. The Kier molecular flexibility index (Phi) is 2.39. The van der Waals surface area contributed by atoms with Crippen LogP contribution < -0.4 is 0 Å². The van der Waals surface area contributed by atoms with Gasteiger partial charge in [-0.25, -0.2) is 0 Å². The summed E-state index contributed by atoms with van der Waals surface area (Å²) in [6.45, 7) is 3.98. The van der Waals surface area contributed by atoms with E-state index >= 15 is 0 Å². The predicted octanol–water partition coefficient (Wildman–Crippen LogP) is 1.13. The molecule has 1 heterocycles. The van der Waals surface area contributed by atoms with E-state index < -0.39 is 11.0 Å². The molecule has 64 valence electrons. The van der Waals surface area contributed by atoms with Gasteiger partial charge in [0.15, 0.2) is 4.93 Å². The Morgan fingerprint density at radius 2 is 2.45 bits per heavy atom. The van der Waals surface area contributed by atoms with E-state index in [-0.39, 0.29) is 4.92 Å². The van der Waals surface area contributed by atoms with Gasteiger partial charge in [0.05, 0.1) is 6.61 Å². The van der Waals surface area contributed by atoms with Gasteiger partial charge in [-0.3, -0.25) is 10.1 Å². The summed E-state index contributed by atoms with van der Waals surface area (Å²) >= 11 is 1.52. The van der Waals surface area contributed by atoms with Crippen LogP contribution in [0.25, 0.3) is 0 Å². The highest BCUT2D eigenvalue weighted by Gasteiger charge is 2.43. The maximum Gasteiger partial charge on any atom is 0.247 e. The standard InChI is InChI=1S/C6H11NO3S/c1-5(7(8)9)6(2)10-3-4-11-6/h5H,3-4H2,1-2H3/t5-,6-/m1/s1. The van der Waals surface area contributed by atoms with Crippen molar-refractivity contribution in [2.45, 2.75) is 24.8 Å². The smallest absolute Gasteiger partial charge is 0.247 e. The summed E-state index contributed by atoms with van der Waals surface area (Å²) in [7, 11) is 0. The molecular weight excluding hydrogens is 166 g/mol. The fraction of sp³-hybridized carbons (Fsp3) is 1.00. The maximum atomic E-state index is 10.4. The summed E-state index contributed by atoms with van der Waals surface area (Å²) in [5.41, 5.74) is 0. The lowest BCUT2D eigenvalue weighted by molar-refractivity contribution is -0.532. The van der Waals surface area contributed by atoms with E-state index in [0.717, 1.165) is 5.75 Å². The summed E-state index contributed by atoms with van der Waals surface area (Å²) in [4.78, 5) is 9.50. The van der Waals surface area contributed by atoms with E-state index in [1.165, 1.54) is 11.8 Å². The lowest BCUT2D eigenvalue weighted by Crippen LogP contribution is -2.39. The molecule has 1 aliphatic heterocycles. The topological polar surface area (TPSA) is 52.4 Å². The van der Waals surface area contributed by atoms with Crippen LogP contribution in [-0.2, 0) is 4.74 Å². The lowest BCUT2D eigenvalue weighted by atomic mass is 10.2.